The Balaban J connectivity index is 2.56. The van der Waals surface area contributed by atoms with E-state index >= 15 is 0 Å². The van der Waals surface area contributed by atoms with Gasteiger partial charge in [-0.1, -0.05) is 6.58 Å². The summed E-state index contributed by atoms with van der Waals surface area (Å²) in [6.45, 7) is 6.24. The van der Waals surface area contributed by atoms with Crippen LogP contribution in [0.25, 0.3) is 0 Å². The lowest BCUT2D eigenvalue weighted by Gasteiger charge is -2.15. The van der Waals surface area contributed by atoms with Crippen molar-refractivity contribution in [2.45, 2.75) is 13.0 Å². The van der Waals surface area contributed by atoms with E-state index in [1.807, 2.05) is 13.0 Å². The van der Waals surface area contributed by atoms with Crippen molar-refractivity contribution in [2.24, 2.45) is 4.99 Å². The predicted molar refractivity (Wildman–Crippen MR) is 50.1 cm³/mol. The van der Waals surface area contributed by atoms with Crippen molar-refractivity contribution in [3.05, 3.63) is 24.6 Å². The second-order valence-electron chi connectivity index (χ2n) is 2.27. The van der Waals surface area contributed by atoms with Gasteiger partial charge in [0.15, 0.2) is 5.29 Å². The maximum absolute atomic E-state index is 5.65. The summed E-state index contributed by atoms with van der Waals surface area (Å²) in [7, 11) is 0. The predicted octanol–water partition coefficient (Wildman–Crippen LogP) is 1.62. The molecule has 0 bridgehead atoms. The molecular formula is C8H11ClN2O. The number of hydrogen-bond acceptors (Lipinski definition) is 3. The molecule has 66 valence electrons. The summed E-state index contributed by atoms with van der Waals surface area (Å²) < 4.78 is 5.19. The van der Waals surface area contributed by atoms with Crippen LogP contribution in [0.1, 0.15) is 6.92 Å². The van der Waals surface area contributed by atoms with Crippen LogP contribution in [0.3, 0.4) is 0 Å². The summed E-state index contributed by atoms with van der Waals surface area (Å²) in [5, 5.41) is 3.11. The molecule has 1 aliphatic rings. The normalized spacial score (nSPS) is 21.2. The Hall–Kier alpha value is -0.960. The van der Waals surface area contributed by atoms with E-state index in [-0.39, 0.29) is 6.04 Å². The summed E-state index contributed by atoms with van der Waals surface area (Å²) >= 11 is 5.65. The third-order valence-electron chi connectivity index (χ3n) is 1.39. The highest BCUT2D eigenvalue weighted by molar-refractivity contribution is 6.64. The minimum Gasteiger partial charge on any atom is -0.496 e. The van der Waals surface area contributed by atoms with Crippen LogP contribution in [-0.4, -0.2) is 17.9 Å². The van der Waals surface area contributed by atoms with Crippen LogP contribution < -0.4 is 5.32 Å². The Bertz CT molecular complexity index is 235. The number of nitrogens with zero attached hydrogens (tertiary/aromatic N) is 1. The van der Waals surface area contributed by atoms with Gasteiger partial charge in [0.05, 0.1) is 6.61 Å². The Labute approximate surface area is 76.8 Å². The fraction of sp³-hybridized carbons (Fsp3) is 0.375. The molecule has 0 aromatic rings. The maximum atomic E-state index is 5.65. The first-order chi connectivity index (χ1) is 5.74. The lowest BCUT2D eigenvalue weighted by atomic mass is 10.2. The average Bonchev–Trinajstić information content (AvgIpc) is 2.05. The molecule has 4 heteroatoms. The molecule has 1 heterocycles. The lowest BCUT2D eigenvalue weighted by Crippen LogP contribution is -2.21. The quantitative estimate of drug-likeness (QED) is 0.537. The van der Waals surface area contributed by atoms with Crippen LogP contribution >= 0.6 is 11.6 Å². The van der Waals surface area contributed by atoms with Gasteiger partial charge in [0.25, 0.3) is 0 Å². The number of nitrogens with one attached hydrogen (secondary N) is 1. The van der Waals surface area contributed by atoms with Gasteiger partial charge in [-0.3, -0.25) is 0 Å². The Morgan fingerprint density at radius 1 is 1.92 bits per heavy atom. The fourth-order valence-corrected chi connectivity index (χ4v) is 1.03. The summed E-state index contributed by atoms with van der Waals surface area (Å²) in [6, 6.07) is -0.154. The van der Waals surface area contributed by atoms with Crippen molar-refractivity contribution in [2.75, 3.05) is 6.61 Å². The minimum atomic E-state index is -0.154. The molecule has 1 atom stereocenters. The topological polar surface area (TPSA) is 33.6 Å². The van der Waals surface area contributed by atoms with Crippen molar-refractivity contribution < 1.29 is 4.74 Å². The molecule has 0 saturated carbocycles. The van der Waals surface area contributed by atoms with Crippen molar-refractivity contribution in [3.8, 4) is 0 Å². The Morgan fingerprint density at radius 3 is 3.25 bits per heavy atom. The zero-order valence-corrected chi connectivity index (χ0v) is 7.64. The van der Waals surface area contributed by atoms with Gasteiger partial charge in [-0.15, -0.1) is 0 Å². The molecule has 1 unspecified atom stereocenters. The zero-order chi connectivity index (χ0) is 8.97. The number of halogens is 1. The molecule has 1 N–H and O–H groups in total. The number of hydrogen-bond donors (Lipinski definition) is 1. The van der Waals surface area contributed by atoms with Gasteiger partial charge in [-0.25, -0.2) is 4.99 Å². The van der Waals surface area contributed by atoms with Crippen molar-refractivity contribution in [3.63, 3.8) is 0 Å². The summed E-state index contributed by atoms with van der Waals surface area (Å²) in [5.41, 5.74) is 0. The first-order valence-electron chi connectivity index (χ1n) is 3.72. The second-order valence-corrected chi connectivity index (χ2v) is 2.63. The monoisotopic (exact) mass is 186 g/mol. The van der Waals surface area contributed by atoms with E-state index < -0.39 is 0 Å². The molecule has 0 spiro atoms. The van der Waals surface area contributed by atoms with Gasteiger partial charge in [0.2, 0.25) is 0 Å². The molecule has 0 aromatic carbocycles. The standard InChI is InChI=1S/C8H11ClN2O/c1-3-12-6(2)7-4-5-10-8(9)11-7/h4-5,7H,2-3H2,1H3,(H,10,11). The molecule has 0 saturated heterocycles. The van der Waals surface area contributed by atoms with E-state index in [4.69, 9.17) is 16.3 Å². The largest absolute Gasteiger partial charge is 0.496 e. The van der Waals surface area contributed by atoms with E-state index in [2.05, 4.69) is 16.9 Å². The van der Waals surface area contributed by atoms with E-state index in [1.165, 1.54) is 0 Å². The number of aliphatic imine (C=N–C) groups is 1. The van der Waals surface area contributed by atoms with Gasteiger partial charge in [0.1, 0.15) is 11.8 Å². The first kappa shape index (κ1) is 9.13. The van der Waals surface area contributed by atoms with Crippen LogP contribution in [-0.2, 0) is 4.74 Å². The molecule has 0 aliphatic carbocycles. The molecule has 0 fully saturated rings. The summed E-state index contributed by atoms with van der Waals surface area (Å²) in [5.74, 6) is 0.619. The second kappa shape index (κ2) is 4.16. The van der Waals surface area contributed by atoms with Gasteiger partial charge in [-0.2, -0.15) is 0 Å². The maximum Gasteiger partial charge on any atom is 0.196 e. The summed E-state index contributed by atoms with van der Waals surface area (Å²) in [4.78, 5) is 4.06. The van der Waals surface area contributed by atoms with Crippen LogP contribution in [0.5, 0.6) is 0 Å². The number of ether oxygens (including phenoxy) is 1. The van der Waals surface area contributed by atoms with Crippen LogP contribution in [0.2, 0.25) is 0 Å². The Kier molecular flexibility index (Phi) is 3.17. The average molecular weight is 187 g/mol. The number of rotatable bonds is 3. The van der Waals surface area contributed by atoms with Crippen LogP contribution in [0, 0.1) is 0 Å². The molecule has 0 aromatic heterocycles. The van der Waals surface area contributed by atoms with Crippen molar-refractivity contribution >= 4 is 16.9 Å². The SMILES string of the molecule is C=C(OCC)C1C=CNC(Cl)=N1. The number of amidine groups is 1. The highest BCUT2D eigenvalue weighted by Crippen LogP contribution is 2.11. The minimum absolute atomic E-state index is 0.154. The van der Waals surface area contributed by atoms with Gasteiger partial charge >= 0.3 is 0 Å². The van der Waals surface area contributed by atoms with Gasteiger partial charge < -0.3 is 10.1 Å². The van der Waals surface area contributed by atoms with E-state index in [0.717, 1.165) is 0 Å². The van der Waals surface area contributed by atoms with E-state index in [1.54, 1.807) is 6.20 Å². The van der Waals surface area contributed by atoms with Crippen LogP contribution in [0.15, 0.2) is 29.6 Å². The molecule has 0 amide bonds. The van der Waals surface area contributed by atoms with Gasteiger partial charge in [-0.05, 0) is 24.6 Å². The first-order valence-corrected chi connectivity index (χ1v) is 4.10. The zero-order valence-electron chi connectivity index (χ0n) is 6.88. The highest BCUT2D eigenvalue weighted by atomic mass is 35.5. The molecular weight excluding hydrogens is 176 g/mol. The van der Waals surface area contributed by atoms with E-state index in [0.29, 0.717) is 17.7 Å². The molecule has 0 radical (unpaired) electrons. The highest BCUT2D eigenvalue weighted by Gasteiger charge is 2.12. The third kappa shape index (κ3) is 2.27. The van der Waals surface area contributed by atoms with Gasteiger partial charge in [0, 0.05) is 6.20 Å². The Morgan fingerprint density at radius 2 is 2.67 bits per heavy atom. The van der Waals surface area contributed by atoms with Crippen molar-refractivity contribution in [1.82, 2.24) is 5.32 Å². The molecule has 12 heavy (non-hydrogen) atoms. The fourth-order valence-electron chi connectivity index (χ4n) is 0.861. The van der Waals surface area contributed by atoms with Crippen molar-refractivity contribution in [1.29, 1.82) is 0 Å². The van der Waals surface area contributed by atoms with E-state index in [9.17, 15) is 0 Å². The van der Waals surface area contributed by atoms with Crippen LogP contribution in [0.4, 0.5) is 0 Å². The molecule has 3 nitrogen and oxygen atoms in total. The molecule has 1 rings (SSSR count). The molecule has 1 aliphatic heterocycles. The third-order valence-corrected chi connectivity index (χ3v) is 1.60. The smallest absolute Gasteiger partial charge is 0.196 e. The summed E-state index contributed by atoms with van der Waals surface area (Å²) in [6.07, 6.45) is 3.56. The lowest BCUT2D eigenvalue weighted by molar-refractivity contribution is 0.218.